The molecule has 0 saturated heterocycles. The SMILES string of the molecule is C[C@H](NC(=O)C(=O)NC[C@@H](c1ccco1)N1CCc2ccccc21)c1ccccc1. The zero-order valence-corrected chi connectivity index (χ0v) is 16.9. The second-order valence-electron chi connectivity index (χ2n) is 7.42. The third-order valence-electron chi connectivity index (χ3n) is 5.48. The van der Waals surface area contributed by atoms with Crippen LogP contribution in [-0.4, -0.2) is 24.9 Å². The smallest absolute Gasteiger partial charge is 0.309 e. The third kappa shape index (κ3) is 4.22. The zero-order valence-electron chi connectivity index (χ0n) is 16.9. The number of amides is 2. The topological polar surface area (TPSA) is 74.6 Å². The van der Waals surface area contributed by atoms with E-state index in [9.17, 15) is 9.59 Å². The summed E-state index contributed by atoms with van der Waals surface area (Å²) in [5.41, 5.74) is 3.35. The summed E-state index contributed by atoms with van der Waals surface area (Å²) < 4.78 is 5.64. The van der Waals surface area contributed by atoms with E-state index in [1.54, 1.807) is 6.26 Å². The van der Waals surface area contributed by atoms with Crippen molar-refractivity contribution in [3.63, 3.8) is 0 Å². The lowest BCUT2D eigenvalue weighted by Gasteiger charge is -2.29. The second kappa shape index (κ2) is 8.86. The summed E-state index contributed by atoms with van der Waals surface area (Å²) in [4.78, 5) is 27.1. The van der Waals surface area contributed by atoms with Crippen molar-refractivity contribution >= 4 is 17.5 Å². The fraction of sp³-hybridized carbons (Fsp3) is 0.250. The molecular formula is C24H25N3O3. The Kier molecular flexibility index (Phi) is 5.84. The Morgan fingerprint density at radius 3 is 2.53 bits per heavy atom. The van der Waals surface area contributed by atoms with Crippen LogP contribution in [0.4, 0.5) is 5.69 Å². The Hall–Kier alpha value is -3.54. The molecular weight excluding hydrogens is 378 g/mol. The molecule has 6 heteroatoms. The lowest BCUT2D eigenvalue weighted by atomic mass is 10.1. The van der Waals surface area contributed by atoms with Gasteiger partial charge >= 0.3 is 11.8 Å². The van der Waals surface area contributed by atoms with Crippen molar-refractivity contribution in [3.05, 3.63) is 89.9 Å². The highest BCUT2D eigenvalue weighted by atomic mass is 16.3. The molecule has 1 aromatic heterocycles. The summed E-state index contributed by atoms with van der Waals surface area (Å²) in [5.74, 6) is -0.543. The maximum absolute atomic E-state index is 12.5. The van der Waals surface area contributed by atoms with E-state index in [2.05, 4.69) is 27.7 Å². The first-order valence-corrected chi connectivity index (χ1v) is 10.1. The number of benzene rings is 2. The molecule has 2 atom stereocenters. The van der Waals surface area contributed by atoms with Crippen molar-refractivity contribution in [2.45, 2.75) is 25.4 Å². The van der Waals surface area contributed by atoms with Crippen LogP contribution in [0.25, 0.3) is 0 Å². The molecule has 0 saturated carbocycles. The number of hydrogen-bond acceptors (Lipinski definition) is 4. The van der Waals surface area contributed by atoms with Crippen LogP contribution in [0.3, 0.4) is 0 Å². The van der Waals surface area contributed by atoms with Crippen molar-refractivity contribution in [3.8, 4) is 0 Å². The molecule has 1 aliphatic rings. The van der Waals surface area contributed by atoms with Crippen molar-refractivity contribution in [1.82, 2.24) is 10.6 Å². The van der Waals surface area contributed by atoms with Crippen LogP contribution in [-0.2, 0) is 16.0 Å². The van der Waals surface area contributed by atoms with E-state index in [0.29, 0.717) is 0 Å². The first-order valence-electron chi connectivity index (χ1n) is 10.1. The second-order valence-corrected chi connectivity index (χ2v) is 7.42. The summed E-state index contributed by atoms with van der Waals surface area (Å²) in [6.45, 7) is 2.96. The molecule has 0 aliphatic carbocycles. The molecule has 1 aliphatic heterocycles. The van der Waals surface area contributed by atoms with E-state index in [0.717, 1.165) is 30.0 Å². The number of nitrogens with one attached hydrogen (secondary N) is 2. The average molecular weight is 403 g/mol. The van der Waals surface area contributed by atoms with E-state index < -0.39 is 11.8 Å². The van der Waals surface area contributed by atoms with Crippen molar-refractivity contribution in [2.24, 2.45) is 0 Å². The number of carbonyl (C=O) groups is 2. The van der Waals surface area contributed by atoms with Gasteiger partial charge in [-0.25, -0.2) is 0 Å². The molecule has 3 aromatic rings. The van der Waals surface area contributed by atoms with Gasteiger partial charge in [-0.05, 0) is 42.7 Å². The summed E-state index contributed by atoms with van der Waals surface area (Å²) in [5, 5.41) is 5.53. The van der Waals surface area contributed by atoms with E-state index in [1.807, 2.05) is 61.5 Å². The number of furan rings is 1. The minimum Gasteiger partial charge on any atom is -0.467 e. The summed E-state index contributed by atoms with van der Waals surface area (Å²) in [7, 11) is 0. The molecule has 6 nitrogen and oxygen atoms in total. The lowest BCUT2D eigenvalue weighted by Crippen LogP contribution is -2.44. The third-order valence-corrected chi connectivity index (χ3v) is 5.48. The number of fused-ring (bicyclic) bond motifs is 1. The minimum atomic E-state index is -0.651. The molecule has 154 valence electrons. The Labute approximate surface area is 175 Å². The molecule has 4 rings (SSSR count). The number of hydrogen-bond donors (Lipinski definition) is 2. The highest BCUT2D eigenvalue weighted by Gasteiger charge is 2.29. The standard InChI is InChI=1S/C24H25N3O3/c1-17(18-8-3-2-4-9-18)26-24(29)23(28)25-16-21(22-12-7-15-30-22)27-14-13-19-10-5-6-11-20(19)27/h2-12,15,17,21H,13-14,16H2,1H3,(H,25,28)(H,26,29)/t17-,21-/m0/s1. The Morgan fingerprint density at radius 1 is 1.00 bits per heavy atom. The number of anilines is 1. The van der Waals surface area contributed by atoms with Gasteiger partial charge in [-0.15, -0.1) is 0 Å². The van der Waals surface area contributed by atoms with Gasteiger partial charge in [0.15, 0.2) is 0 Å². The predicted molar refractivity (Wildman–Crippen MR) is 115 cm³/mol. The Morgan fingerprint density at radius 2 is 1.77 bits per heavy atom. The van der Waals surface area contributed by atoms with E-state index >= 15 is 0 Å². The molecule has 0 radical (unpaired) electrons. The maximum atomic E-state index is 12.5. The lowest BCUT2D eigenvalue weighted by molar-refractivity contribution is -0.139. The van der Waals surface area contributed by atoms with Gasteiger partial charge in [0.1, 0.15) is 11.8 Å². The van der Waals surface area contributed by atoms with Crippen LogP contribution < -0.4 is 15.5 Å². The highest BCUT2D eigenvalue weighted by molar-refractivity contribution is 6.35. The number of carbonyl (C=O) groups excluding carboxylic acids is 2. The Balaban J connectivity index is 1.42. The molecule has 0 fully saturated rings. The average Bonchev–Trinajstić information content (AvgIpc) is 3.45. The summed E-state index contributed by atoms with van der Waals surface area (Å²) in [6, 6.07) is 21.1. The van der Waals surface area contributed by atoms with Crippen LogP contribution in [0.1, 0.15) is 35.9 Å². The van der Waals surface area contributed by atoms with Crippen LogP contribution in [0, 0.1) is 0 Å². The normalized spacial score (nSPS) is 14.6. The predicted octanol–water partition coefficient (Wildman–Crippen LogP) is 3.38. The summed E-state index contributed by atoms with van der Waals surface area (Å²) in [6.07, 6.45) is 2.57. The van der Waals surface area contributed by atoms with Gasteiger partial charge in [-0.3, -0.25) is 9.59 Å². The molecule has 2 heterocycles. The van der Waals surface area contributed by atoms with Crippen LogP contribution in [0.2, 0.25) is 0 Å². The van der Waals surface area contributed by atoms with Crippen LogP contribution in [0.15, 0.2) is 77.4 Å². The van der Waals surface area contributed by atoms with Crippen LogP contribution in [0.5, 0.6) is 0 Å². The molecule has 2 amide bonds. The minimum absolute atomic E-state index is 0.188. The largest absolute Gasteiger partial charge is 0.467 e. The van der Waals surface area contributed by atoms with Crippen molar-refractivity contribution in [1.29, 1.82) is 0 Å². The van der Waals surface area contributed by atoms with Gasteiger partial charge in [0.25, 0.3) is 0 Å². The highest BCUT2D eigenvalue weighted by Crippen LogP contribution is 2.34. The van der Waals surface area contributed by atoms with E-state index in [1.165, 1.54) is 5.56 Å². The monoisotopic (exact) mass is 403 g/mol. The van der Waals surface area contributed by atoms with Gasteiger partial charge in [0.2, 0.25) is 0 Å². The number of rotatable bonds is 6. The van der Waals surface area contributed by atoms with E-state index in [4.69, 9.17) is 4.42 Å². The Bertz CT molecular complexity index is 1000. The van der Waals surface area contributed by atoms with Crippen molar-refractivity contribution in [2.75, 3.05) is 18.0 Å². The summed E-state index contributed by atoms with van der Waals surface area (Å²) >= 11 is 0. The van der Waals surface area contributed by atoms with Gasteiger partial charge in [0.05, 0.1) is 12.3 Å². The molecule has 0 unspecified atom stereocenters. The molecule has 2 aromatic carbocycles. The first kappa shape index (κ1) is 19.8. The number of para-hydroxylation sites is 1. The van der Waals surface area contributed by atoms with Gasteiger partial charge < -0.3 is 20.0 Å². The van der Waals surface area contributed by atoms with Gasteiger partial charge in [0, 0.05) is 18.8 Å². The molecule has 2 N–H and O–H groups in total. The van der Waals surface area contributed by atoms with Crippen molar-refractivity contribution < 1.29 is 14.0 Å². The maximum Gasteiger partial charge on any atom is 0.309 e. The fourth-order valence-electron chi connectivity index (χ4n) is 3.89. The van der Waals surface area contributed by atoms with Crippen LogP contribution >= 0.6 is 0 Å². The van der Waals surface area contributed by atoms with Gasteiger partial charge in [-0.2, -0.15) is 0 Å². The molecule has 30 heavy (non-hydrogen) atoms. The zero-order chi connectivity index (χ0) is 20.9. The first-order chi connectivity index (χ1) is 14.6. The molecule has 0 bridgehead atoms. The van der Waals surface area contributed by atoms with E-state index in [-0.39, 0.29) is 18.6 Å². The molecule has 0 spiro atoms. The number of nitrogens with zero attached hydrogens (tertiary/aromatic N) is 1. The quantitative estimate of drug-likeness (QED) is 0.619. The fourth-order valence-corrected chi connectivity index (χ4v) is 3.89. The van der Waals surface area contributed by atoms with Gasteiger partial charge in [-0.1, -0.05) is 48.5 Å².